The molecule has 0 bridgehead atoms. The molecule has 2 fully saturated rings. The fourth-order valence-corrected chi connectivity index (χ4v) is 3.75. The number of hydrogen-bond acceptors (Lipinski definition) is 4. The van der Waals surface area contributed by atoms with E-state index in [9.17, 15) is 9.18 Å². The average Bonchev–Trinajstić information content (AvgIpc) is 2.56. The first-order chi connectivity index (χ1) is 10.3. The third-order valence-corrected chi connectivity index (χ3v) is 5.07. The van der Waals surface area contributed by atoms with E-state index in [2.05, 4.69) is 5.32 Å². The van der Waals surface area contributed by atoms with Gasteiger partial charge in [-0.2, -0.15) is 11.8 Å². The molecule has 1 N–H and O–H groups in total. The van der Waals surface area contributed by atoms with Crippen molar-refractivity contribution < 1.29 is 9.18 Å². The summed E-state index contributed by atoms with van der Waals surface area (Å²) >= 11 is 1.82. The highest BCUT2D eigenvalue weighted by molar-refractivity contribution is 7.99. The number of carbonyl (C=O) groups is 1. The minimum absolute atomic E-state index is 0.0521. The second-order valence-electron chi connectivity index (χ2n) is 5.35. The van der Waals surface area contributed by atoms with Crippen LogP contribution >= 0.6 is 11.8 Å². The van der Waals surface area contributed by atoms with E-state index >= 15 is 0 Å². The Hall–Kier alpha value is -1.27. The molecule has 114 valence electrons. The van der Waals surface area contributed by atoms with Gasteiger partial charge in [0.2, 0.25) is 5.91 Å². The van der Waals surface area contributed by atoms with E-state index in [1.165, 1.54) is 6.07 Å². The number of amides is 1. The van der Waals surface area contributed by atoms with Crippen molar-refractivity contribution in [1.82, 2.24) is 10.2 Å². The largest absolute Gasteiger partial charge is 0.366 e. The molecule has 2 aliphatic rings. The van der Waals surface area contributed by atoms with Crippen molar-refractivity contribution >= 4 is 23.4 Å². The first-order valence-electron chi connectivity index (χ1n) is 7.35. The van der Waals surface area contributed by atoms with Crippen LogP contribution in [0.1, 0.15) is 0 Å². The number of halogens is 1. The zero-order valence-electron chi connectivity index (χ0n) is 11.9. The second-order valence-corrected chi connectivity index (χ2v) is 6.50. The standard InChI is InChI=1S/C15H20FN3OS/c16-12-3-1-2-4-14(12)18-6-8-19(9-7-18)15(20)13-11-21-10-5-17-13/h1-4,13,17H,5-11H2. The first-order valence-corrected chi connectivity index (χ1v) is 8.50. The minimum Gasteiger partial charge on any atom is -0.366 e. The predicted octanol–water partition coefficient (Wildman–Crippen LogP) is 1.18. The quantitative estimate of drug-likeness (QED) is 0.890. The van der Waals surface area contributed by atoms with Gasteiger partial charge in [-0.15, -0.1) is 0 Å². The fourth-order valence-electron chi connectivity index (χ4n) is 2.82. The Morgan fingerprint density at radius 1 is 1.24 bits per heavy atom. The van der Waals surface area contributed by atoms with Crippen LogP contribution in [0.3, 0.4) is 0 Å². The van der Waals surface area contributed by atoms with E-state index < -0.39 is 0 Å². The topological polar surface area (TPSA) is 35.6 Å². The molecule has 1 atom stereocenters. The highest BCUT2D eigenvalue weighted by atomic mass is 32.2. The van der Waals surface area contributed by atoms with Crippen LogP contribution in [0.2, 0.25) is 0 Å². The molecule has 2 saturated heterocycles. The average molecular weight is 309 g/mol. The minimum atomic E-state index is -0.192. The molecule has 0 spiro atoms. The van der Waals surface area contributed by atoms with E-state index in [1.807, 2.05) is 27.6 Å². The zero-order valence-corrected chi connectivity index (χ0v) is 12.7. The van der Waals surface area contributed by atoms with Crippen LogP contribution in [0.15, 0.2) is 24.3 Å². The summed E-state index contributed by atoms with van der Waals surface area (Å²) < 4.78 is 13.8. The van der Waals surface area contributed by atoms with E-state index in [1.54, 1.807) is 12.1 Å². The Bertz CT molecular complexity index is 499. The summed E-state index contributed by atoms with van der Waals surface area (Å²) in [6.45, 7) is 3.60. The summed E-state index contributed by atoms with van der Waals surface area (Å²) in [5, 5.41) is 3.28. The molecule has 0 saturated carbocycles. The van der Waals surface area contributed by atoms with Gasteiger partial charge in [-0.3, -0.25) is 4.79 Å². The number of piperazine rings is 1. The Labute approximate surface area is 128 Å². The number of benzene rings is 1. The Kier molecular flexibility index (Phi) is 4.65. The first kappa shape index (κ1) is 14.7. The van der Waals surface area contributed by atoms with Crippen LogP contribution in [-0.2, 0) is 4.79 Å². The van der Waals surface area contributed by atoms with Crippen LogP contribution in [-0.4, -0.2) is 61.1 Å². The third-order valence-electron chi connectivity index (χ3n) is 4.00. The van der Waals surface area contributed by atoms with Crippen molar-refractivity contribution in [1.29, 1.82) is 0 Å². The summed E-state index contributed by atoms with van der Waals surface area (Å²) in [4.78, 5) is 16.3. The number of rotatable bonds is 2. The van der Waals surface area contributed by atoms with Gasteiger partial charge in [-0.25, -0.2) is 4.39 Å². The summed E-state index contributed by atoms with van der Waals surface area (Å²) in [5.74, 6) is 1.93. The van der Waals surface area contributed by atoms with E-state index in [0.29, 0.717) is 31.9 Å². The summed E-state index contributed by atoms with van der Waals surface area (Å²) in [6.07, 6.45) is 0. The molecule has 3 rings (SSSR count). The smallest absolute Gasteiger partial charge is 0.240 e. The Morgan fingerprint density at radius 2 is 2.00 bits per heavy atom. The maximum absolute atomic E-state index is 13.8. The molecule has 21 heavy (non-hydrogen) atoms. The van der Waals surface area contributed by atoms with Gasteiger partial charge in [0.1, 0.15) is 5.82 Å². The van der Waals surface area contributed by atoms with Gasteiger partial charge < -0.3 is 15.1 Å². The molecule has 0 aliphatic carbocycles. The second kappa shape index (κ2) is 6.66. The van der Waals surface area contributed by atoms with Crippen LogP contribution in [0.5, 0.6) is 0 Å². The third kappa shape index (κ3) is 3.32. The van der Waals surface area contributed by atoms with E-state index in [0.717, 1.165) is 18.1 Å². The lowest BCUT2D eigenvalue weighted by Crippen LogP contribution is -2.56. The van der Waals surface area contributed by atoms with Gasteiger partial charge in [0.15, 0.2) is 0 Å². The number of nitrogens with one attached hydrogen (secondary N) is 1. The van der Waals surface area contributed by atoms with Crippen LogP contribution in [0.4, 0.5) is 10.1 Å². The molecule has 0 radical (unpaired) electrons. The van der Waals surface area contributed by atoms with Gasteiger partial charge >= 0.3 is 0 Å². The lowest BCUT2D eigenvalue weighted by Gasteiger charge is -2.38. The van der Waals surface area contributed by atoms with Gasteiger partial charge in [0, 0.05) is 44.2 Å². The van der Waals surface area contributed by atoms with Gasteiger partial charge in [-0.1, -0.05) is 12.1 Å². The van der Waals surface area contributed by atoms with Crippen molar-refractivity contribution in [2.24, 2.45) is 0 Å². The summed E-state index contributed by atoms with van der Waals surface area (Å²) in [5.41, 5.74) is 0.635. The molecule has 1 amide bonds. The van der Waals surface area contributed by atoms with Crippen molar-refractivity contribution in [2.45, 2.75) is 6.04 Å². The van der Waals surface area contributed by atoms with Crippen molar-refractivity contribution in [2.75, 3.05) is 49.1 Å². The van der Waals surface area contributed by atoms with Crippen molar-refractivity contribution in [3.05, 3.63) is 30.1 Å². The summed E-state index contributed by atoms with van der Waals surface area (Å²) in [7, 11) is 0. The van der Waals surface area contributed by atoms with E-state index in [4.69, 9.17) is 0 Å². The molecule has 6 heteroatoms. The number of carbonyl (C=O) groups excluding carboxylic acids is 1. The molecular weight excluding hydrogens is 289 g/mol. The van der Waals surface area contributed by atoms with E-state index in [-0.39, 0.29) is 17.8 Å². The number of anilines is 1. The van der Waals surface area contributed by atoms with Crippen LogP contribution < -0.4 is 10.2 Å². The normalized spacial score (nSPS) is 23.2. The van der Waals surface area contributed by atoms with Gasteiger partial charge in [0.05, 0.1) is 11.7 Å². The van der Waals surface area contributed by atoms with Crippen LogP contribution in [0.25, 0.3) is 0 Å². The van der Waals surface area contributed by atoms with Gasteiger partial charge in [0.25, 0.3) is 0 Å². The molecule has 2 heterocycles. The zero-order chi connectivity index (χ0) is 14.7. The Balaban J connectivity index is 1.57. The predicted molar refractivity (Wildman–Crippen MR) is 84.3 cm³/mol. The maximum Gasteiger partial charge on any atom is 0.240 e. The number of para-hydroxylation sites is 1. The van der Waals surface area contributed by atoms with Gasteiger partial charge in [-0.05, 0) is 12.1 Å². The SMILES string of the molecule is O=C(C1CSCCN1)N1CCN(c2ccccc2F)CC1. The molecule has 2 aliphatic heterocycles. The van der Waals surface area contributed by atoms with Crippen LogP contribution in [0, 0.1) is 5.82 Å². The molecule has 1 unspecified atom stereocenters. The number of nitrogens with zero attached hydrogens (tertiary/aromatic N) is 2. The Morgan fingerprint density at radius 3 is 2.67 bits per heavy atom. The summed E-state index contributed by atoms with van der Waals surface area (Å²) in [6, 6.07) is 6.77. The highest BCUT2D eigenvalue weighted by Gasteiger charge is 2.28. The molecule has 1 aromatic rings. The molecular formula is C15H20FN3OS. The van der Waals surface area contributed by atoms with Crippen molar-refractivity contribution in [3.63, 3.8) is 0 Å². The van der Waals surface area contributed by atoms with Crippen molar-refractivity contribution in [3.8, 4) is 0 Å². The molecule has 0 aromatic heterocycles. The lowest BCUT2D eigenvalue weighted by molar-refractivity contribution is -0.133. The molecule has 1 aromatic carbocycles. The maximum atomic E-state index is 13.8. The molecule has 4 nitrogen and oxygen atoms in total. The lowest BCUT2D eigenvalue weighted by atomic mass is 10.2. The monoisotopic (exact) mass is 309 g/mol. The number of hydrogen-bond donors (Lipinski definition) is 1. The highest BCUT2D eigenvalue weighted by Crippen LogP contribution is 2.20. The fraction of sp³-hybridized carbons (Fsp3) is 0.533. The number of thioether (sulfide) groups is 1.